The number of para-hydroxylation sites is 5. The molecule has 5 nitrogen and oxygen atoms in total. The zero-order valence-electron chi connectivity index (χ0n) is 21.7. The van der Waals surface area contributed by atoms with Gasteiger partial charge in [-0.15, -0.1) is 0 Å². The van der Waals surface area contributed by atoms with Crippen LogP contribution in [0, 0.1) is 0 Å². The van der Waals surface area contributed by atoms with Crippen molar-refractivity contribution in [2.75, 3.05) is 0 Å². The minimum absolute atomic E-state index is 0.482. The van der Waals surface area contributed by atoms with E-state index in [2.05, 4.69) is 0 Å². The Morgan fingerprint density at radius 3 is 0.821 bits per heavy atom. The first kappa shape index (κ1) is 26.2. The maximum absolute atomic E-state index is 6.94. The van der Waals surface area contributed by atoms with Crippen molar-refractivity contribution in [2.45, 2.75) is 13.0 Å². The lowest BCUT2D eigenvalue weighted by atomic mass is 10.3. The van der Waals surface area contributed by atoms with Gasteiger partial charge in [-0.3, -0.25) is 0 Å². The summed E-state index contributed by atoms with van der Waals surface area (Å²) >= 11 is 0. The van der Waals surface area contributed by atoms with Crippen LogP contribution in [0.15, 0.2) is 152 Å². The summed E-state index contributed by atoms with van der Waals surface area (Å²) in [7, 11) is -7.58. The average Bonchev–Trinajstić information content (AvgIpc) is 2.99. The lowest BCUT2D eigenvalue weighted by Gasteiger charge is -2.40. The molecule has 196 valence electrons. The highest BCUT2D eigenvalue weighted by Crippen LogP contribution is 2.35. The zero-order valence-corrected chi connectivity index (χ0v) is 23.7. The third kappa shape index (κ3) is 6.34. The van der Waals surface area contributed by atoms with Crippen LogP contribution in [0.1, 0.15) is 6.92 Å². The van der Waals surface area contributed by atoms with Gasteiger partial charge in [-0.05, 0) is 60.7 Å². The van der Waals surface area contributed by atoms with E-state index in [0.29, 0.717) is 34.8 Å². The Hall–Kier alpha value is -4.47. The van der Waals surface area contributed by atoms with E-state index in [9.17, 15) is 0 Å². The molecular weight excluding hydrogens is 521 g/mol. The van der Waals surface area contributed by atoms with Gasteiger partial charge in [0.15, 0.2) is 0 Å². The molecule has 0 heterocycles. The van der Waals surface area contributed by atoms with Crippen LogP contribution in [-0.2, 0) is 0 Å². The van der Waals surface area contributed by atoms with Crippen LogP contribution in [0.5, 0.6) is 28.7 Å². The Morgan fingerprint density at radius 2 is 0.590 bits per heavy atom. The molecule has 0 N–H and O–H groups in total. The fourth-order valence-corrected chi connectivity index (χ4v) is 13.3. The van der Waals surface area contributed by atoms with Gasteiger partial charge in [-0.1, -0.05) is 97.9 Å². The van der Waals surface area contributed by atoms with E-state index in [1.165, 1.54) is 0 Å². The van der Waals surface area contributed by atoms with Crippen molar-refractivity contribution in [3.05, 3.63) is 152 Å². The molecule has 0 saturated carbocycles. The summed E-state index contributed by atoms with van der Waals surface area (Å²) in [6.07, 6.45) is 0. The van der Waals surface area contributed by atoms with Gasteiger partial charge in [0.2, 0.25) is 0 Å². The first-order valence-corrected chi connectivity index (χ1v) is 17.7. The lowest BCUT2D eigenvalue weighted by molar-refractivity contribution is 0.254. The summed E-state index contributed by atoms with van der Waals surface area (Å²) in [5.41, 5.74) is 0. The van der Waals surface area contributed by atoms with Crippen LogP contribution < -0.4 is 22.1 Å². The van der Waals surface area contributed by atoms with E-state index in [4.69, 9.17) is 22.1 Å². The molecule has 0 aromatic heterocycles. The van der Waals surface area contributed by atoms with Gasteiger partial charge in [0, 0.05) is 6.04 Å². The van der Waals surface area contributed by atoms with Crippen molar-refractivity contribution in [3.63, 3.8) is 0 Å². The van der Waals surface area contributed by atoms with E-state index in [1.54, 1.807) is 0 Å². The van der Waals surface area contributed by atoms with Crippen molar-refractivity contribution < 1.29 is 22.1 Å². The molecule has 5 rings (SSSR count). The summed E-state index contributed by atoms with van der Waals surface area (Å²) < 4.78 is 34.6. The molecular formula is C32H30O5Si2. The molecule has 0 spiro atoms. The second-order valence-corrected chi connectivity index (χ2v) is 17.2. The number of hydrogen-bond acceptors (Lipinski definition) is 5. The summed E-state index contributed by atoms with van der Waals surface area (Å²) in [6, 6.07) is 48.5. The molecule has 7 heteroatoms. The molecule has 0 fully saturated rings. The Kier molecular flexibility index (Phi) is 8.31. The Morgan fingerprint density at radius 1 is 0.359 bits per heavy atom. The molecule has 0 bridgehead atoms. The third-order valence-electron chi connectivity index (χ3n) is 5.97. The monoisotopic (exact) mass is 550 g/mol. The highest BCUT2D eigenvalue weighted by molar-refractivity contribution is 7.30. The Balaban J connectivity index is 1.74. The normalized spacial score (nSPS) is 11.3. The number of rotatable bonds is 12. The SMILES string of the molecule is CC[Si](Oc1ccccc1)(Oc1ccccc1)[Si](Oc1ccccc1)(Oc1ccccc1)Oc1ccccc1. The maximum Gasteiger partial charge on any atom is 0.759 e. The van der Waals surface area contributed by atoms with Crippen molar-refractivity contribution in [3.8, 4) is 28.7 Å². The lowest BCUT2D eigenvalue weighted by Crippen LogP contribution is -2.80. The highest BCUT2D eigenvalue weighted by atomic mass is 29.3. The minimum atomic E-state index is -3.97. The maximum atomic E-state index is 6.94. The molecule has 0 unspecified atom stereocenters. The molecule has 5 aromatic carbocycles. The van der Waals surface area contributed by atoms with Crippen LogP contribution in [-0.4, -0.2) is 16.4 Å². The zero-order chi connectivity index (χ0) is 26.8. The van der Waals surface area contributed by atoms with Gasteiger partial charge in [-0.25, -0.2) is 0 Å². The van der Waals surface area contributed by atoms with Gasteiger partial charge >= 0.3 is 16.4 Å². The summed E-state index contributed by atoms with van der Waals surface area (Å²) in [4.78, 5) is 0. The first-order chi connectivity index (χ1) is 19.2. The third-order valence-corrected chi connectivity index (χ3v) is 15.9. The quantitative estimate of drug-likeness (QED) is 0.148. The van der Waals surface area contributed by atoms with Gasteiger partial charge in [0.1, 0.15) is 28.7 Å². The van der Waals surface area contributed by atoms with Gasteiger partial charge in [-0.2, -0.15) is 0 Å². The van der Waals surface area contributed by atoms with E-state index in [1.807, 2.05) is 159 Å². The van der Waals surface area contributed by atoms with Gasteiger partial charge in [0.05, 0.1) is 0 Å². The predicted octanol–water partition coefficient (Wildman–Crippen LogP) is 7.86. The topological polar surface area (TPSA) is 46.2 Å². The van der Waals surface area contributed by atoms with E-state index >= 15 is 0 Å². The van der Waals surface area contributed by atoms with E-state index in [-0.39, 0.29) is 0 Å². The Labute approximate surface area is 231 Å². The first-order valence-electron chi connectivity index (χ1n) is 12.9. The fourth-order valence-electron chi connectivity index (χ4n) is 4.09. The summed E-state index contributed by atoms with van der Waals surface area (Å²) in [5.74, 6) is 3.13. The van der Waals surface area contributed by atoms with Crippen molar-refractivity contribution in [2.24, 2.45) is 0 Å². The summed E-state index contributed by atoms with van der Waals surface area (Å²) in [5, 5.41) is 0. The average molecular weight is 551 g/mol. The van der Waals surface area contributed by atoms with Crippen LogP contribution in [0.4, 0.5) is 0 Å². The molecule has 5 aromatic rings. The number of hydrogen-bond donors (Lipinski definition) is 0. The predicted molar refractivity (Wildman–Crippen MR) is 157 cm³/mol. The molecule has 0 aliphatic heterocycles. The van der Waals surface area contributed by atoms with Crippen molar-refractivity contribution in [1.29, 1.82) is 0 Å². The summed E-state index contributed by atoms with van der Waals surface area (Å²) in [6.45, 7) is 2.04. The second-order valence-electron chi connectivity index (χ2n) is 8.74. The van der Waals surface area contributed by atoms with Crippen LogP contribution in [0.25, 0.3) is 0 Å². The molecule has 39 heavy (non-hydrogen) atoms. The minimum Gasteiger partial charge on any atom is -0.507 e. The smallest absolute Gasteiger partial charge is 0.507 e. The second kappa shape index (κ2) is 12.4. The van der Waals surface area contributed by atoms with Crippen molar-refractivity contribution in [1.82, 2.24) is 0 Å². The molecule has 0 atom stereocenters. The molecule has 0 aliphatic carbocycles. The van der Waals surface area contributed by atoms with E-state index in [0.717, 1.165) is 0 Å². The highest BCUT2D eigenvalue weighted by Gasteiger charge is 2.78. The van der Waals surface area contributed by atoms with Gasteiger partial charge in [0.25, 0.3) is 0 Å². The van der Waals surface area contributed by atoms with Crippen LogP contribution in [0.3, 0.4) is 0 Å². The van der Waals surface area contributed by atoms with E-state index < -0.39 is 16.4 Å². The Bertz CT molecular complexity index is 1260. The van der Waals surface area contributed by atoms with Crippen molar-refractivity contribution >= 4 is 16.4 Å². The molecule has 0 radical (unpaired) electrons. The molecule has 0 amide bonds. The fraction of sp³-hybridized carbons (Fsp3) is 0.0625. The standard InChI is InChI=1S/C32H30O5Si2/c1-2-38(33-28-18-8-3-9-19-28,34-29-20-10-4-11-21-29)39(35-30-22-12-5-13-23-30,36-31-24-14-6-15-25-31)37-32-26-16-7-17-27-32/h3-27H,2H2,1H3. The number of benzene rings is 5. The largest absolute Gasteiger partial charge is 0.759 e. The molecule has 0 aliphatic rings. The van der Waals surface area contributed by atoms with Gasteiger partial charge < -0.3 is 22.1 Å². The van der Waals surface area contributed by atoms with Crippen LogP contribution >= 0.6 is 0 Å². The molecule has 0 saturated heterocycles. The van der Waals surface area contributed by atoms with Crippen LogP contribution in [0.2, 0.25) is 6.04 Å².